The molecule has 0 bridgehead atoms. The third kappa shape index (κ3) is 2.41. The lowest BCUT2D eigenvalue weighted by molar-refractivity contribution is -0.119. The van der Waals surface area contributed by atoms with Crippen molar-refractivity contribution in [3.8, 4) is 0 Å². The van der Waals surface area contributed by atoms with Crippen LogP contribution in [0.2, 0.25) is 0 Å². The number of benzene rings is 1. The minimum Gasteiger partial charge on any atom is -0.327 e. The first-order chi connectivity index (χ1) is 8.50. The van der Waals surface area contributed by atoms with E-state index in [0.29, 0.717) is 12.3 Å². The van der Waals surface area contributed by atoms with Crippen molar-refractivity contribution in [2.24, 2.45) is 11.7 Å². The highest BCUT2D eigenvalue weighted by Crippen LogP contribution is 2.32. The standard InChI is InChI=1S/C15H22N2O/c1-10(2)13(16)9-15(18)17-11(3)8-12-6-4-5-7-14(12)17/h4-7,10-11,13H,8-9,16H2,1-3H3. The number of fused-ring (bicyclic) bond motifs is 1. The Bertz CT molecular complexity index is 442. The molecule has 0 aromatic heterocycles. The minimum atomic E-state index is -0.0579. The maximum atomic E-state index is 12.4. The summed E-state index contributed by atoms with van der Waals surface area (Å²) in [5.41, 5.74) is 8.32. The first-order valence-electron chi connectivity index (χ1n) is 6.66. The zero-order valence-electron chi connectivity index (χ0n) is 11.4. The average molecular weight is 246 g/mol. The highest BCUT2D eigenvalue weighted by molar-refractivity contribution is 5.96. The SMILES string of the molecule is CC(C)C(N)CC(=O)N1c2ccccc2CC1C. The van der Waals surface area contributed by atoms with Crippen molar-refractivity contribution >= 4 is 11.6 Å². The van der Waals surface area contributed by atoms with Crippen LogP contribution in [0.1, 0.15) is 32.8 Å². The van der Waals surface area contributed by atoms with Gasteiger partial charge in [-0.05, 0) is 30.9 Å². The second-order valence-electron chi connectivity index (χ2n) is 5.56. The average Bonchev–Trinajstić information content (AvgIpc) is 2.64. The zero-order valence-corrected chi connectivity index (χ0v) is 11.4. The number of carbonyl (C=O) groups is 1. The van der Waals surface area contributed by atoms with Crippen LogP contribution >= 0.6 is 0 Å². The fourth-order valence-electron chi connectivity index (χ4n) is 2.48. The lowest BCUT2D eigenvalue weighted by Gasteiger charge is -2.25. The van der Waals surface area contributed by atoms with E-state index >= 15 is 0 Å². The third-order valence-corrected chi connectivity index (χ3v) is 3.74. The molecule has 2 atom stereocenters. The van der Waals surface area contributed by atoms with E-state index in [4.69, 9.17) is 5.73 Å². The summed E-state index contributed by atoms with van der Waals surface area (Å²) in [6, 6.07) is 8.32. The maximum Gasteiger partial charge on any atom is 0.228 e. The molecule has 3 nitrogen and oxygen atoms in total. The van der Waals surface area contributed by atoms with Gasteiger partial charge in [0, 0.05) is 24.2 Å². The molecular weight excluding hydrogens is 224 g/mol. The number of nitrogens with zero attached hydrogens (tertiary/aromatic N) is 1. The molecule has 1 aliphatic heterocycles. The molecule has 1 aliphatic rings. The van der Waals surface area contributed by atoms with E-state index < -0.39 is 0 Å². The molecule has 2 unspecified atom stereocenters. The van der Waals surface area contributed by atoms with Crippen LogP contribution in [0.4, 0.5) is 5.69 Å². The Hall–Kier alpha value is -1.35. The quantitative estimate of drug-likeness (QED) is 0.889. The summed E-state index contributed by atoms with van der Waals surface area (Å²) in [7, 11) is 0. The van der Waals surface area contributed by atoms with Crippen molar-refractivity contribution in [3.05, 3.63) is 29.8 Å². The highest BCUT2D eigenvalue weighted by Gasteiger charge is 2.31. The Morgan fingerprint density at radius 1 is 1.44 bits per heavy atom. The predicted molar refractivity (Wildman–Crippen MR) is 74.5 cm³/mol. The van der Waals surface area contributed by atoms with Gasteiger partial charge < -0.3 is 10.6 Å². The number of hydrogen-bond acceptors (Lipinski definition) is 2. The molecule has 0 saturated heterocycles. The fraction of sp³-hybridized carbons (Fsp3) is 0.533. The van der Waals surface area contributed by atoms with Gasteiger partial charge in [0.2, 0.25) is 5.91 Å². The zero-order chi connectivity index (χ0) is 13.3. The fourth-order valence-corrected chi connectivity index (χ4v) is 2.48. The molecular formula is C15H22N2O. The Balaban J connectivity index is 2.16. The summed E-state index contributed by atoms with van der Waals surface area (Å²) in [5, 5.41) is 0. The Morgan fingerprint density at radius 2 is 2.11 bits per heavy atom. The maximum absolute atomic E-state index is 12.4. The molecule has 2 rings (SSSR count). The van der Waals surface area contributed by atoms with Crippen LogP contribution in [0.15, 0.2) is 24.3 Å². The summed E-state index contributed by atoms with van der Waals surface area (Å²) in [5.74, 6) is 0.482. The van der Waals surface area contributed by atoms with Gasteiger partial charge in [-0.25, -0.2) is 0 Å². The molecule has 3 heteroatoms. The van der Waals surface area contributed by atoms with E-state index in [1.807, 2.05) is 23.1 Å². The molecule has 1 aromatic carbocycles. The van der Waals surface area contributed by atoms with Gasteiger partial charge in [-0.15, -0.1) is 0 Å². The van der Waals surface area contributed by atoms with Crippen LogP contribution in [0, 0.1) is 5.92 Å². The van der Waals surface area contributed by atoms with E-state index in [-0.39, 0.29) is 18.0 Å². The number of anilines is 1. The van der Waals surface area contributed by atoms with Crippen molar-refractivity contribution in [1.82, 2.24) is 0 Å². The van der Waals surface area contributed by atoms with Crippen molar-refractivity contribution in [1.29, 1.82) is 0 Å². The highest BCUT2D eigenvalue weighted by atomic mass is 16.2. The van der Waals surface area contributed by atoms with Gasteiger partial charge in [-0.3, -0.25) is 4.79 Å². The normalized spacial score (nSPS) is 20.1. The minimum absolute atomic E-state index is 0.0579. The third-order valence-electron chi connectivity index (χ3n) is 3.74. The number of rotatable bonds is 3. The van der Waals surface area contributed by atoms with Gasteiger partial charge in [0.05, 0.1) is 0 Å². The molecule has 1 amide bonds. The molecule has 0 fully saturated rings. The van der Waals surface area contributed by atoms with Crippen LogP contribution in [-0.4, -0.2) is 18.0 Å². The summed E-state index contributed by atoms with van der Waals surface area (Å²) in [6.45, 7) is 6.21. The van der Waals surface area contributed by atoms with Crippen molar-refractivity contribution in [2.75, 3.05) is 4.90 Å². The molecule has 2 N–H and O–H groups in total. The van der Waals surface area contributed by atoms with Crippen LogP contribution in [0.3, 0.4) is 0 Å². The molecule has 98 valence electrons. The first kappa shape index (κ1) is 13.1. The van der Waals surface area contributed by atoms with Gasteiger partial charge in [0.15, 0.2) is 0 Å². The molecule has 0 radical (unpaired) electrons. The molecule has 0 saturated carbocycles. The smallest absolute Gasteiger partial charge is 0.228 e. The lowest BCUT2D eigenvalue weighted by Crippen LogP contribution is -2.40. The van der Waals surface area contributed by atoms with E-state index in [9.17, 15) is 4.79 Å². The van der Waals surface area contributed by atoms with Crippen LogP contribution in [0.25, 0.3) is 0 Å². The summed E-state index contributed by atoms with van der Waals surface area (Å²) in [6.07, 6.45) is 1.37. The van der Waals surface area contributed by atoms with Crippen molar-refractivity contribution in [3.63, 3.8) is 0 Å². The van der Waals surface area contributed by atoms with Gasteiger partial charge in [-0.1, -0.05) is 32.0 Å². The monoisotopic (exact) mass is 246 g/mol. The largest absolute Gasteiger partial charge is 0.327 e. The predicted octanol–water partition coefficient (Wildman–Crippen LogP) is 2.34. The van der Waals surface area contributed by atoms with E-state index in [1.54, 1.807) is 0 Å². The van der Waals surface area contributed by atoms with Crippen LogP contribution in [0.5, 0.6) is 0 Å². The second kappa shape index (κ2) is 5.11. The summed E-state index contributed by atoms with van der Waals surface area (Å²) in [4.78, 5) is 14.3. The number of carbonyl (C=O) groups excluding carboxylic acids is 1. The van der Waals surface area contributed by atoms with Gasteiger partial charge in [-0.2, -0.15) is 0 Å². The molecule has 0 aliphatic carbocycles. The van der Waals surface area contributed by atoms with E-state index in [1.165, 1.54) is 5.56 Å². The summed E-state index contributed by atoms with van der Waals surface area (Å²) >= 11 is 0. The van der Waals surface area contributed by atoms with Crippen molar-refractivity contribution in [2.45, 2.75) is 45.7 Å². The number of amides is 1. The Labute approximate surface area is 109 Å². The van der Waals surface area contributed by atoms with Crippen LogP contribution < -0.4 is 10.6 Å². The molecule has 1 heterocycles. The molecule has 1 aromatic rings. The lowest BCUT2D eigenvalue weighted by atomic mass is 10.0. The van der Waals surface area contributed by atoms with Gasteiger partial charge in [0.25, 0.3) is 0 Å². The van der Waals surface area contributed by atoms with Gasteiger partial charge in [0.1, 0.15) is 0 Å². The summed E-state index contributed by atoms with van der Waals surface area (Å²) < 4.78 is 0. The topological polar surface area (TPSA) is 46.3 Å². The van der Waals surface area contributed by atoms with Crippen molar-refractivity contribution < 1.29 is 4.79 Å². The number of para-hydroxylation sites is 1. The Kier molecular flexibility index (Phi) is 3.71. The van der Waals surface area contributed by atoms with Crippen LogP contribution in [-0.2, 0) is 11.2 Å². The number of nitrogens with two attached hydrogens (primary N) is 1. The van der Waals surface area contributed by atoms with Gasteiger partial charge >= 0.3 is 0 Å². The number of hydrogen-bond donors (Lipinski definition) is 1. The molecule has 0 spiro atoms. The van der Waals surface area contributed by atoms with E-state index in [0.717, 1.165) is 12.1 Å². The molecule has 18 heavy (non-hydrogen) atoms. The second-order valence-corrected chi connectivity index (χ2v) is 5.56. The Morgan fingerprint density at radius 3 is 2.78 bits per heavy atom. The van der Waals surface area contributed by atoms with E-state index in [2.05, 4.69) is 26.8 Å². The first-order valence-corrected chi connectivity index (χ1v) is 6.66.